The number of anilines is 1. The molecule has 20 heavy (non-hydrogen) atoms. The summed E-state index contributed by atoms with van der Waals surface area (Å²) in [5.41, 5.74) is 0.708. The number of amides is 2. The number of carbonyl (C=O) groups excluding carboxylic acids is 2. The van der Waals surface area contributed by atoms with Gasteiger partial charge in [0.2, 0.25) is 5.91 Å². The van der Waals surface area contributed by atoms with E-state index in [9.17, 15) is 9.59 Å². The topological polar surface area (TPSA) is 58.6 Å². The van der Waals surface area contributed by atoms with Gasteiger partial charge in [0, 0.05) is 11.7 Å². The Balaban J connectivity index is 1.73. The molecule has 6 heteroatoms. The highest BCUT2D eigenvalue weighted by atomic mass is 35.5. The van der Waals surface area contributed by atoms with Crippen molar-refractivity contribution in [2.45, 2.75) is 31.3 Å². The van der Waals surface area contributed by atoms with Gasteiger partial charge in [0.05, 0.1) is 18.6 Å². The van der Waals surface area contributed by atoms with Crippen LogP contribution in [0.4, 0.5) is 5.69 Å². The second kappa shape index (κ2) is 4.98. The lowest BCUT2D eigenvalue weighted by atomic mass is 10.2. The summed E-state index contributed by atoms with van der Waals surface area (Å²) in [4.78, 5) is 25.5. The van der Waals surface area contributed by atoms with E-state index in [-0.39, 0.29) is 24.3 Å². The number of methoxy groups -OCH3 is 1. The van der Waals surface area contributed by atoms with E-state index in [1.807, 2.05) is 0 Å². The van der Waals surface area contributed by atoms with Gasteiger partial charge in [-0.3, -0.25) is 14.5 Å². The number of halogens is 1. The summed E-state index contributed by atoms with van der Waals surface area (Å²) in [6.45, 7) is 0. The van der Waals surface area contributed by atoms with Crippen LogP contribution < -0.4 is 10.1 Å². The van der Waals surface area contributed by atoms with E-state index >= 15 is 0 Å². The van der Waals surface area contributed by atoms with Crippen molar-refractivity contribution < 1.29 is 14.3 Å². The summed E-state index contributed by atoms with van der Waals surface area (Å²) in [5.74, 6) is 0.352. The summed E-state index contributed by atoms with van der Waals surface area (Å²) in [7, 11) is 1.54. The smallest absolute Gasteiger partial charge is 0.252 e. The van der Waals surface area contributed by atoms with Gasteiger partial charge in [0.25, 0.3) is 5.91 Å². The molecule has 2 aliphatic rings. The molecular formula is C14H15ClN2O3. The number of imide groups is 1. The fraction of sp³-hybridized carbons (Fsp3) is 0.429. The van der Waals surface area contributed by atoms with Crippen LogP contribution in [0.5, 0.6) is 5.75 Å². The number of likely N-dealkylation sites (tertiary alicyclic amines) is 1. The molecule has 0 radical (unpaired) electrons. The van der Waals surface area contributed by atoms with Gasteiger partial charge in [-0.2, -0.15) is 0 Å². The summed E-state index contributed by atoms with van der Waals surface area (Å²) in [6.07, 6.45) is 2.07. The summed E-state index contributed by atoms with van der Waals surface area (Å²) in [6, 6.07) is 4.83. The lowest BCUT2D eigenvalue weighted by molar-refractivity contribution is -0.139. The normalized spacial score (nSPS) is 22.3. The predicted octanol–water partition coefficient (Wildman–Crippen LogP) is 2.05. The second-order valence-electron chi connectivity index (χ2n) is 5.08. The lowest BCUT2D eigenvalue weighted by Crippen LogP contribution is -2.36. The van der Waals surface area contributed by atoms with Crippen LogP contribution in [0, 0.1) is 0 Å². The minimum Gasteiger partial charge on any atom is -0.495 e. The van der Waals surface area contributed by atoms with Crippen molar-refractivity contribution in [2.75, 3.05) is 12.4 Å². The molecule has 1 atom stereocenters. The molecule has 106 valence electrons. The van der Waals surface area contributed by atoms with E-state index in [1.54, 1.807) is 25.3 Å². The molecule has 1 saturated carbocycles. The second-order valence-corrected chi connectivity index (χ2v) is 5.49. The third-order valence-corrected chi connectivity index (χ3v) is 3.88. The molecule has 2 amide bonds. The number of nitrogens with one attached hydrogen (secondary N) is 1. The Hall–Kier alpha value is -1.75. The number of hydrogen-bond donors (Lipinski definition) is 1. The molecule has 2 fully saturated rings. The fourth-order valence-electron chi connectivity index (χ4n) is 2.44. The SMILES string of the molecule is COc1ccc(NC2CC(=O)N(C3CC3)C2=O)cc1Cl. The molecule has 1 N–H and O–H groups in total. The summed E-state index contributed by atoms with van der Waals surface area (Å²) < 4.78 is 5.08. The molecule has 1 aliphatic heterocycles. The van der Waals surface area contributed by atoms with Crippen LogP contribution in [0.2, 0.25) is 5.02 Å². The first-order valence-electron chi connectivity index (χ1n) is 6.56. The molecule has 1 aromatic rings. The highest BCUT2D eigenvalue weighted by molar-refractivity contribution is 6.32. The first-order valence-corrected chi connectivity index (χ1v) is 6.94. The Labute approximate surface area is 121 Å². The number of rotatable bonds is 4. The number of nitrogens with zero attached hydrogens (tertiary/aromatic N) is 1. The van der Waals surface area contributed by atoms with E-state index < -0.39 is 6.04 Å². The Morgan fingerprint density at radius 3 is 2.70 bits per heavy atom. The zero-order valence-electron chi connectivity index (χ0n) is 11.1. The monoisotopic (exact) mass is 294 g/mol. The van der Waals surface area contributed by atoms with Crippen molar-refractivity contribution in [1.82, 2.24) is 4.90 Å². The molecule has 3 rings (SSSR count). The molecule has 5 nitrogen and oxygen atoms in total. The molecule has 1 heterocycles. The van der Waals surface area contributed by atoms with E-state index in [0.29, 0.717) is 16.5 Å². The third kappa shape index (κ3) is 2.33. The van der Waals surface area contributed by atoms with Gasteiger partial charge in [0.15, 0.2) is 0 Å². The predicted molar refractivity (Wildman–Crippen MR) is 74.9 cm³/mol. The molecule has 0 spiro atoms. The van der Waals surface area contributed by atoms with Crippen LogP contribution >= 0.6 is 11.6 Å². The van der Waals surface area contributed by atoms with Crippen LogP contribution in [-0.2, 0) is 9.59 Å². The summed E-state index contributed by atoms with van der Waals surface area (Å²) in [5, 5.41) is 3.54. The molecule has 1 aromatic carbocycles. The number of ether oxygens (including phenoxy) is 1. The van der Waals surface area contributed by atoms with Gasteiger partial charge in [-0.25, -0.2) is 0 Å². The minimum atomic E-state index is -0.493. The van der Waals surface area contributed by atoms with Gasteiger partial charge in [-0.05, 0) is 31.0 Å². The van der Waals surface area contributed by atoms with Crippen molar-refractivity contribution in [3.05, 3.63) is 23.2 Å². The highest BCUT2D eigenvalue weighted by Crippen LogP contribution is 2.33. The van der Waals surface area contributed by atoms with Crippen LogP contribution in [0.15, 0.2) is 18.2 Å². The van der Waals surface area contributed by atoms with Crippen LogP contribution in [0.25, 0.3) is 0 Å². The Kier molecular flexibility index (Phi) is 3.30. The average molecular weight is 295 g/mol. The van der Waals surface area contributed by atoms with E-state index in [0.717, 1.165) is 12.8 Å². The van der Waals surface area contributed by atoms with Gasteiger partial charge < -0.3 is 10.1 Å². The van der Waals surface area contributed by atoms with Crippen molar-refractivity contribution >= 4 is 29.1 Å². The lowest BCUT2D eigenvalue weighted by Gasteiger charge is -2.15. The van der Waals surface area contributed by atoms with E-state index in [2.05, 4.69) is 5.32 Å². The third-order valence-electron chi connectivity index (χ3n) is 3.59. The number of carbonyl (C=O) groups is 2. The van der Waals surface area contributed by atoms with Crippen molar-refractivity contribution in [3.8, 4) is 5.75 Å². The fourth-order valence-corrected chi connectivity index (χ4v) is 2.70. The first-order chi connectivity index (χ1) is 9.60. The van der Waals surface area contributed by atoms with E-state index in [4.69, 9.17) is 16.3 Å². The highest BCUT2D eigenvalue weighted by Gasteiger charge is 2.46. The zero-order valence-corrected chi connectivity index (χ0v) is 11.8. The molecule has 1 saturated heterocycles. The maximum absolute atomic E-state index is 12.2. The maximum Gasteiger partial charge on any atom is 0.252 e. The standard InChI is InChI=1S/C14H15ClN2O3/c1-20-12-5-2-8(6-10(12)15)16-11-7-13(18)17(14(11)19)9-3-4-9/h2,5-6,9,11,16H,3-4,7H2,1H3. The van der Waals surface area contributed by atoms with Gasteiger partial charge in [-0.15, -0.1) is 0 Å². The zero-order chi connectivity index (χ0) is 14.3. The van der Waals surface area contributed by atoms with E-state index in [1.165, 1.54) is 4.90 Å². The van der Waals surface area contributed by atoms with Crippen LogP contribution in [0.3, 0.4) is 0 Å². The molecule has 1 aliphatic carbocycles. The quantitative estimate of drug-likeness (QED) is 0.864. The maximum atomic E-state index is 12.2. The largest absolute Gasteiger partial charge is 0.495 e. The Morgan fingerprint density at radius 2 is 2.10 bits per heavy atom. The number of hydrogen-bond acceptors (Lipinski definition) is 4. The van der Waals surface area contributed by atoms with Crippen molar-refractivity contribution in [3.63, 3.8) is 0 Å². The Bertz CT molecular complexity index is 572. The molecular weight excluding hydrogens is 280 g/mol. The van der Waals surface area contributed by atoms with Crippen molar-refractivity contribution in [2.24, 2.45) is 0 Å². The van der Waals surface area contributed by atoms with Crippen LogP contribution in [-0.4, -0.2) is 35.9 Å². The number of benzene rings is 1. The van der Waals surface area contributed by atoms with Gasteiger partial charge >= 0.3 is 0 Å². The van der Waals surface area contributed by atoms with Gasteiger partial charge in [0.1, 0.15) is 11.8 Å². The minimum absolute atomic E-state index is 0.0883. The molecule has 0 aromatic heterocycles. The van der Waals surface area contributed by atoms with Crippen LogP contribution in [0.1, 0.15) is 19.3 Å². The first kappa shape index (κ1) is 13.2. The molecule has 0 bridgehead atoms. The Morgan fingerprint density at radius 1 is 1.35 bits per heavy atom. The average Bonchev–Trinajstić information content (AvgIpc) is 3.19. The summed E-state index contributed by atoms with van der Waals surface area (Å²) >= 11 is 6.04. The van der Waals surface area contributed by atoms with Gasteiger partial charge in [-0.1, -0.05) is 11.6 Å². The molecule has 1 unspecified atom stereocenters. The van der Waals surface area contributed by atoms with Crippen molar-refractivity contribution in [1.29, 1.82) is 0 Å².